The molecular weight excluding hydrogens is 241 g/mol. The molecule has 2 aromatic rings. The summed E-state index contributed by atoms with van der Waals surface area (Å²) < 4.78 is 38.7. The van der Waals surface area contributed by atoms with Gasteiger partial charge in [0, 0.05) is 17.9 Å². The van der Waals surface area contributed by atoms with Gasteiger partial charge in [0.25, 0.3) is 0 Å². The molecule has 0 saturated carbocycles. The molecule has 0 aromatic heterocycles. The third kappa shape index (κ3) is 2.94. The van der Waals surface area contributed by atoms with Gasteiger partial charge in [-0.25, -0.2) is 13.2 Å². The van der Waals surface area contributed by atoms with E-state index in [9.17, 15) is 13.2 Å². The van der Waals surface area contributed by atoms with Crippen molar-refractivity contribution in [3.8, 4) is 0 Å². The topological polar surface area (TPSA) is 38.0 Å². The molecule has 0 heterocycles. The molecule has 5 heteroatoms. The van der Waals surface area contributed by atoms with Crippen molar-refractivity contribution in [2.75, 3.05) is 11.1 Å². The highest BCUT2D eigenvalue weighted by Gasteiger charge is 2.03. The molecule has 0 spiro atoms. The minimum atomic E-state index is -0.909. The maximum Gasteiger partial charge on any atom is 0.159 e. The van der Waals surface area contributed by atoms with Crippen molar-refractivity contribution in [3.63, 3.8) is 0 Å². The van der Waals surface area contributed by atoms with Crippen LogP contribution >= 0.6 is 0 Å². The Labute approximate surface area is 102 Å². The van der Waals surface area contributed by atoms with Crippen molar-refractivity contribution in [1.82, 2.24) is 0 Å². The van der Waals surface area contributed by atoms with Crippen molar-refractivity contribution >= 4 is 11.4 Å². The number of rotatable bonds is 3. The van der Waals surface area contributed by atoms with Crippen molar-refractivity contribution in [2.45, 2.75) is 6.54 Å². The van der Waals surface area contributed by atoms with Crippen molar-refractivity contribution < 1.29 is 13.2 Å². The van der Waals surface area contributed by atoms with Crippen LogP contribution < -0.4 is 11.1 Å². The zero-order valence-corrected chi connectivity index (χ0v) is 9.38. The zero-order chi connectivity index (χ0) is 13.1. The van der Waals surface area contributed by atoms with Crippen LogP contribution in [0.2, 0.25) is 0 Å². The summed E-state index contributed by atoms with van der Waals surface area (Å²) >= 11 is 0. The Kier molecular flexibility index (Phi) is 3.41. The van der Waals surface area contributed by atoms with Gasteiger partial charge in [0.05, 0.1) is 0 Å². The summed E-state index contributed by atoms with van der Waals surface area (Å²) in [4.78, 5) is 0. The van der Waals surface area contributed by atoms with E-state index in [-0.39, 0.29) is 6.54 Å². The fourth-order valence-corrected chi connectivity index (χ4v) is 1.57. The van der Waals surface area contributed by atoms with Crippen LogP contribution in [0.15, 0.2) is 36.4 Å². The molecule has 0 atom stereocenters. The fourth-order valence-electron chi connectivity index (χ4n) is 1.57. The number of nitrogens with two attached hydrogens (primary N) is 1. The lowest BCUT2D eigenvalue weighted by Crippen LogP contribution is -2.01. The Bertz CT molecular complexity index is 550. The normalized spacial score (nSPS) is 10.4. The summed E-state index contributed by atoms with van der Waals surface area (Å²) in [5.74, 6) is -2.26. The van der Waals surface area contributed by atoms with E-state index in [0.29, 0.717) is 16.9 Å². The zero-order valence-electron chi connectivity index (χ0n) is 9.38. The molecule has 3 N–H and O–H groups in total. The first-order valence-corrected chi connectivity index (χ1v) is 5.28. The highest BCUT2D eigenvalue weighted by Crippen LogP contribution is 2.17. The van der Waals surface area contributed by atoms with Gasteiger partial charge in [0.2, 0.25) is 0 Å². The molecule has 0 amide bonds. The van der Waals surface area contributed by atoms with Crippen LogP contribution in [0, 0.1) is 17.5 Å². The Morgan fingerprint density at radius 1 is 0.944 bits per heavy atom. The average molecular weight is 252 g/mol. The molecule has 2 rings (SSSR count). The number of halogens is 3. The molecule has 0 unspecified atom stereocenters. The van der Waals surface area contributed by atoms with Gasteiger partial charge in [-0.2, -0.15) is 0 Å². The quantitative estimate of drug-likeness (QED) is 0.822. The van der Waals surface area contributed by atoms with Gasteiger partial charge < -0.3 is 11.1 Å². The van der Waals surface area contributed by atoms with E-state index in [0.717, 1.165) is 12.1 Å². The van der Waals surface area contributed by atoms with Gasteiger partial charge in [-0.05, 0) is 35.9 Å². The highest BCUT2D eigenvalue weighted by molar-refractivity contribution is 5.54. The molecule has 2 aromatic carbocycles. The summed E-state index contributed by atoms with van der Waals surface area (Å²) in [6, 6.07) is 7.62. The van der Waals surface area contributed by atoms with Gasteiger partial charge in [-0.1, -0.05) is 6.07 Å². The molecule has 18 heavy (non-hydrogen) atoms. The van der Waals surface area contributed by atoms with E-state index in [2.05, 4.69) is 5.32 Å². The van der Waals surface area contributed by atoms with E-state index in [1.54, 1.807) is 6.07 Å². The lowest BCUT2D eigenvalue weighted by molar-refractivity contribution is 0.507. The molecule has 0 bridgehead atoms. The van der Waals surface area contributed by atoms with Crippen LogP contribution in [0.5, 0.6) is 0 Å². The van der Waals surface area contributed by atoms with E-state index in [1.165, 1.54) is 18.2 Å². The number of hydrogen-bond acceptors (Lipinski definition) is 2. The van der Waals surface area contributed by atoms with Crippen LogP contribution in [-0.2, 0) is 6.54 Å². The predicted octanol–water partition coefficient (Wildman–Crippen LogP) is 3.30. The Balaban J connectivity index is 2.08. The third-order valence-electron chi connectivity index (χ3n) is 2.40. The lowest BCUT2D eigenvalue weighted by atomic mass is 10.2. The second-order valence-corrected chi connectivity index (χ2v) is 3.88. The van der Waals surface area contributed by atoms with Crippen LogP contribution in [-0.4, -0.2) is 0 Å². The summed E-state index contributed by atoms with van der Waals surface area (Å²) in [6.45, 7) is 0.250. The SMILES string of the molecule is Nc1cc(F)cc(NCc2ccc(F)c(F)c2)c1. The standard InChI is InChI=1S/C13H11F3N2/c14-9-4-10(17)6-11(5-9)18-7-8-1-2-12(15)13(16)3-8/h1-6,18H,7,17H2. The Morgan fingerprint density at radius 3 is 2.39 bits per heavy atom. The van der Waals surface area contributed by atoms with Crippen molar-refractivity contribution in [1.29, 1.82) is 0 Å². The van der Waals surface area contributed by atoms with Crippen molar-refractivity contribution in [2.24, 2.45) is 0 Å². The second-order valence-electron chi connectivity index (χ2n) is 3.88. The average Bonchev–Trinajstić information content (AvgIpc) is 2.29. The van der Waals surface area contributed by atoms with Crippen LogP contribution in [0.4, 0.5) is 24.5 Å². The largest absolute Gasteiger partial charge is 0.399 e. The first-order chi connectivity index (χ1) is 8.54. The van der Waals surface area contributed by atoms with Crippen LogP contribution in [0.25, 0.3) is 0 Å². The van der Waals surface area contributed by atoms with Crippen LogP contribution in [0.3, 0.4) is 0 Å². The predicted molar refractivity (Wildman–Crippen MR) is 64.5 cm³/mol. The second kappa shape index (κ2) is 5.00. The first-order valence-electron chi connectivity index (χ1n) is 5.28. The summed E-state index contributed by atoms with van der Waals surface area (Å²) in [6.07, 6.45) is 0. The minimum Gasteiger partial charge on any atom is -0.399 e. The third-order valence-corrected chi connectivity index (χ3v) is 2.40. The van der Waals surface area contributed by atoms with Crippen LogP contribution in [0.1, 0.15) is 5.56 Å². The summed E-state index contributed by atoms with van der Waals surface area (Å²) in [5.41, 5.74) is 6.81. The molecule has 2 nitrogen and oxygen atoms in total. The number of anilines is 2. The molecule has 94 valence electrons. The highest BCUT2D eigenvalue weighted by atomic mass is 19.2. The molecule has 0 radical (unpaired) electrons. The maximum absolute atomic E-state index is 13.0. The van der Waals surface area contributed by atoms with Gasteiger partial charge in [0.1, 0.15) is 5.82 Å². The Hall–Kier alpha value is -2.17. The number of nitrogens with one attached hydrogen (secondary N) is 1. The Morgan fingerprint density at radius 2 is 1.72 bits per heavy atom. The molecule has 0 aliphatic carbocycles. The molecular formula is C13H11F3N2. The molecule has 0 fully saturated rings. The van der Waals surface area contributed by atoms with Gasteiger partial charge in [0.15, 0.2) is 11.6 Å². The number of hydrogen-bond donors (Lipinski definition) is 2. The lowest BCUT2D eigenvalue weighted by Gasteiger charge is -2.08. The van der Waals surface area contributed by atoms with Gasteiger partial charge in [-0.3, -0.25) is 0 Å². The van der Waals surface area contributed by atoms with E-state index < -0.39 is 17.5 Å². The van der Waals surface area contributed by atoms with Gasteiger partial charge >= 0.3 is 0 Å². The number of benzene rings is 2. The van der Waals surface area contributed by atoms with E-state index >= 15 is 0 Å². The number of nitrogen functional groups attached to an aromatic ring is 1. The van der Waals surface area contributed by atoms with Gasteiger partial charge in [-0.15, -0.1) is 0 Å². The molecule has 0 saturated heterocycles. The first kappa shape index (κ1) is 12.3. The maximum atomic E-state index is 13.0. The fraction of sp³-hybridized carbons (Fsp3) is 0.0769. The monoisotopic (exact) mass is 252 g/mol. The van der Waals surface area contributed by atoms with E-state index in [1.807, 2.05) is 0 Å². The smallest absolute Gasteiger partial charge is 0.159 e. The molecule has 0 aliphatic rings. The molecule has 0 aliphatic heterocycles. The summed E-state index contributed by atoms with van der Waals surface area (Å²) in [7, 11) is 0. The summed E-state index contributed by atoms with van der Waals surface area (Å²) in [5, 5.41) is 2.88. The van der Waals surface area contributed by atoms with Crippen molar-refractivity contribution in [3.05, 3.63) is 59.4 Å². The minimum absolute atomic E-state index is 0.250. The van der Waals surface area contributed by atoms with E-state index in [4.69, 9.17) is 5.73 Å².